The first-order chi connectivity index (χ1) is 8.40. The minimum Gasteiger partial charge on any atom is -0.507 e. The fraction of sp³-hybridized carbons (Fsp3) is 0.333. The van der Waals surface area contributed by atoms with E-state index in [0.717, 1.165) is 0 Å². The molecule has 1 amide bonds. The first-order valence-electron chi connectivity index (χ1n) is 5.38. The molecular weight excluding hydrogens is 302 g/mol. The molecule has 6 heteroatoms. The van der Waals surface area contributed by atoms with E-state index < -0.39 is 5.97 Å². The van der Waals surface area contributed by atoms with E-state index in [1.165, 1.54) is 6.07 Å². The number of rotatable bonds is 5. The molecule has 5 nitrogen and oxygen atoms in total. The Balaban J connectivity index is 2.55. The third kappa shape index (κ3) is 4.37. The van der Waals surface area contributed by atoms with Gasteiger partial charge in [-0.3, -0.25) is 9.59 Å². The lowest BCUT2D eigenvalue weighted by Gasteiger charge is -2.10. The van der Waals surface area contributed by atoms with Crippen LogP contribution in [0, 0.1) is 5.92 Å². The van der Waals surface area contributed by atoms with Crippen LogP contribution in [-0.4, -0.2) is 28.6 Å². The summed E-state index contributed by atoms with van der Waals surface area (Å²) in [6, 6.07) is 4.49. The van der Waals surface area contributed by atoms with Gasteiger partial charge in [-0.1, -0.05) is 6.92 Å². The first-order valence-corrected chi connectivity index (χ1v) is 6.18. The maximum absolute atomic E-state index is 11.7. The van der Waals surface area contributed by atoms with Gasteiger partial charge in [-0.2, -0.15) is 0 Å². The molecule has 0 radical (unpaired) electrons. The molecule has 18 heavy (non-hydrogen) atoms. The van der Waals surface area contributed by atoms with Crippen molar-refractivity contribution in [3.8, 4) is 5.75 Å². The zero-order valence-corrected chi connectivity index (χ0v) is 11.4. The molecule has 0 saturated carbocycles. The number of phenols is 1. The SMILES string of the molecule is CC(CNC(=O)c1ccc(Br)c(O)c1)CC(=O)O. The van der Waals surface area contributed by atoms with Gasteiger partial charge in [-0.25, -0.2) is 0 Å². The highest BCUT2D eigenvalue weighted by Gasteiger charge is 2.11. The van der Waals surface area contributed by atoms with Crippen molar-refractivity contribution >= 4 is 27.8 Å². The number of hydrogen-bond donors (Lipinski definition) is 3. The number of benzene rings is 1. The molecule has 1 atom stereocenters. The highest BCUT2D eigenvalue weighted by atomic mass is 79.9. The number of aliphatic carboxylic acids is 1. The standard InChI is InChI=1S/C12H14BrNO4/c1-7(4-11(16)17)6-14-12(18)8-2-3-9(13)10(15)5-8/h2-3,5,7,15H,4,6H2,1H3,(H,14,18)(H,16,17). The van der Waals surface area contributed by atoms with Crippen LogP contribution in [0.1, 0.15) is 23.7 Å². The lowest BCUT2D eigenvalue weighted by Crippen LogP contribution is -2.29. The number of carboxylic acid groups (broad SMARTS) is 1. The summed E-state index contributed by atoms with van der Waals surface area (Å²) in [4.78, 5) is 22.2. The van der Waals surface area contributed by atoms with Crippen molar-refractivity contribution < 1.29 is 19.8 Å². The van der Waals surface area contributed by atoms with Crippen LogP contribution in [0.25, 0.3) is 0 Å². The van der Waals surface area contributed by atoms with E-state index >= 15 is 0 Å². The summed E-state index contributed by atoms with van der Waals surface area (Å²) in [6.07, 6.45) is 0.00582. The van der Waals surface area contributed by atoms with E-state index in [4.69, 9.17) is 5.11 Å². The van der Waals surface area contributed by atoms with Gasteiger partial charge in [-0.05, 0) is 40.0 Å². The molecule has 0 aromatic heterocycles. The van der Waals surface area contributed by atoms with Crippen LogP contribution >= 0.6 is 15.9 Å². The van der Waals surface area contributed by atoms with Gasteiger partial charge in [0, 0.05) is 18.5 Å². The summed E-state index contributed by atoms with van der Waals surface area (Å²) in [7, 11) is 0. The molecule has 3 N–H and O–H groups in total. The van der Waals surface area contributed by atoms with Crippen LogP contribution in [0.5, 0.6) is 5.75 Å². The molecule has 98 valence electrons. The summed E-state index contributed by atoms with van der Waals surface area (Å²) < 4.78 is 0.512. The smallest absolute Gasteiger partial charge is 0.303 e. The summed E-state index contributed by atoms with van der Waals surface area (Å²) in [5, 5.41) is 20.6. The Morgan fingerprint density at radius 2 is 2.11 bits per heavy atom. The van der Waals surface area contributed by atoms with E-state index in [-0.39, 0.29) is 30.5 Å². The number of halogens is 1. The van der Waals surface area contributed by atoms with Crippen LogP contribution in [0.4, 0.5) is 0 Å². The van der Waals surface area contributed by atoms with Gasteiger partial charge in [0.15, 0.2) is 0 Å². The van der Waals surface area contributed by atoms with Gasteiger partial charge in [-0.15, -0.1) is 0 Å². The molecule has 0 bridgehead atoms. The van der Waals surface area contributed by atoms with E-state index in [9.17, 15) is 14.7 Å². The molecule has 0 saturated heterocycles. The molecule has 0 aliphatic rings. The summed E-state index contributed by atoms with van der Waals surface area (Å²) in [6.45, 7) is 2.02. The van der Waals surface area contributed by atoms with E-state index in [2.05, 4.69) is 21.2 Å². The number of aromatic hydroxyl groups is 1. The fourth-order valence-corrected chi connectivity index (χ4v) is 1.64. The number of amides is 1. The van der Waals surface area contributed by atoms with Crippen molar-refractivity contribution in [2.45, 2.75) is 13.3 Å². The number of carbonyl (C=O) groups excluding carboxylic acids is 1. The Labute approximate surface area is 113 Å². The molecular formula is C12H14BrNO4. The number of hydrogen-bond acceptors (Lipinski definition) is 3. The predicted octanol–water partition coefficient (Wildman–Crippen LogP) is 2.00. The van der Waals surface area contributed by atoms with Crippen molar-refractivity contribution in [2.24, 2.45) is 5.92 Å². The Morgan fingerprint density at radius 3 is 2.67 bits per heavy atom. The number of nitrogens with one attached hydrogen (secondary N) is 1. The molecule has 0 fully saturated rings. The van der Waals surface area contributed by atoms with Crippen LogP contribution in [0.15, 0.2) is 22.7 Å². The van der Waals surface area contributed by atoms with Crippen LogP contribution < -0.4 is 5.32 Å². The van der Waals surface area contributed by atoms with Gasteiger partial charge in [0.25, 0.3) is 5.91 Å². The third-order valence-electron chi connectivity index (χ3n) is 2.34. The average Bonchev–Trinajstić information content (AvgIpc) is 2.28. The lowest BCUT2D eigenvalue weighted by molar-refractivity contribution is -0.137. The summed E-state index contributed by atoms with van der Waals surface area (Å²) in [5.74, 6) is -1.38. The number of phenolic OH excluding ortho intramolecular Hbond substituents is 1. The molecule has 0 aliphatic heterocycles. The highest BCUT2D eigenvalue weighted by Crippen LogP contribution is 2.24. The molecule has 0 heterocycles. The molecule has 0 spiro atoms. The Bertz CT molecular complexity index is 461. The number of carbonyl (C=O) groups is 2. The lowest BCUT2D eigenvalue weighted by atomic mass is 10.1. The molecule has 0 aliphatic carbocycles. The zero-order valence-electron chi connectivity index (χ0n) is 9.81. The van der Waals surface area contributed by atoms with Crippen molar-refractivity contribution in [1.29, 1.82) is 0 Å². The average molecular weight is 316 g/mol. The van der Waals surface area contributed by atoms with Crippen molar-refractivity contribution in [1.82, 2.24) is 5.32 Å². The van der Waals surface area contributed by atoms with Crippen LogP contribution in [0.3, 0.4) is 0 Å². The Kier molecular flexibility index (Phi) is 5.15. The van der Waals surface area contributed by atoms with Gasteiger partial charge in [0.2, 0.25) is 0 Å². The predicted molar refractivity (Wildman–Crippen MR) is 69.6 cm³/mol. The van der Waals surface area contributed by atoms with E-state index in [1.54, 1.807) is 19.1 Å². The maximum Gasteiger partial charge on any atom is 0.303 e. The summed E-state index contributed by atoms with van der Waals surface area (Å²) >= 11 is 3.12. The van der Waals surface area contributed by atoms with Crippen molar-refractivity contribution in [3.05, 3.63) is 28.2 Å². The van der Waals surface area contributed by atoms with Gasteiger partial charge < -0.3 is 15.5 Å². The number of carboxylic acids is 1. The summed E-state index contributed by atoms with van der Waals surface area (Å²) in [5.41, 5.74) is 0.332. The Morgan fingerprint density at radius 1 is 1.44 bits per heavy atom. The second kappa shape index (κ2) is 6.39. The molecule has 1 rings (SSSR count). The van der Waals surface area contributed by atoms with Gasteiger partial charge >= 0.3 is 5.97 Å². The zero-order chi connectivity index (χ0) is 13.7. The van der Waals surface area contributed by atoms with E-state index in [0.29, 0.717) is 10.0 Å². The fourth-order valence-electron chi connectivity index (χ4n) is 1.39. The highest BCUT2D eigenvalue weighted by molar-refractivity contribution is 9.10. The minimum absolute atomic E-state index is 0.00582. The topological polar surface area (TPSA) is 86.6 Å². The monoisotopic (exact) mass is 315 g/mol. The quantitative estimate of drug-likeness (QED) is 0.775. The molecule has 1 aromatic rings. The second-order valence-electron chi connectivity index (χ2n) is 4.08. The molecule has 1 unspecified atom stereocenters. The van der Waals surface area contributed by atoms with Crippen molar-refractivity contribution in [2.75, 3.05) is 6.54 Å². The maximum atomic E-state index is 11.7. The first kappa shape index (κ1) is 14.5. The van der Waals surface area contributed by atoms with E-state index in [1.807, 2.05) is 0 Å². The minimum atomic E-state index is -0.891. The van der Waals surface area contributed by atoms with Crippen molar-refractivity contribution in [3.63, 3.8) is 0 Å². The third-order valence-corrected chi connectivity index (χ3v) is 3.01. The van der Waals surface area contributed by atoms with Crippen LogP contribution in [0.2, 0.25) is 0 Å². The Hall–Kier alpha value is -1.56. The van der Waals surface area contributed by atoms with Gasteiger partial charge in [0.05, 0.1) is 4.47 Å². The largest absolute Gasteiger partial charge is 0.507 e. The second-order valence-corrected chi connectivity index (χ2v) is 4.93. The molecule has 1 aromatic carbocycles. The van der Waals surface area contributed by atoms with Crippen LogP contribution in [-0.2, 0) is 4.79 Å². The normalized spacial score (nSPS) is 11.9. The van der Waals surface area contributed by atoms with Gasteiger partial charge in [0.1, 0.15) is 5.75 Å².